The molecule has 0 saturated carbocycles. The molecule has 1 heterocycles. The standard InChI is InChI=1S/C17H16BrF3N4O4S3/c1-30-8-29-11(26)7-23-13(12(18)14(22)17(19,20)21)16-25-24-15(31-16)9-4-3-5-10(6-9)32(2,27)28/h3-6H,7-8,22H2,1-2H3. The molecule has 0 radical (unpaired) electrons. The van der Waals surface area contributed by atoms with Gasteiger partial charge in [0.25, 0.3) is 0 Å². The fraction of sp³-hybridized carbons (Fsp3) is 0.294. The normalized spacial score (nSPS) is 13.6. The number of nitrogens with zero attached hydrogens (tertiary/aromatic N) is 3. The van der Waals surface area contributed by atoms with E-state index in [4.69, 9.17) is 10.5 Å². The van der Waals surface area contributed by atoms with Gasteiger partial charge in [0.05, 0.1) is 9.38 Å². The van der Waals surface area contributed by atoms with Crippen LogP contribution >= 0.6 is 39.0 Å². The molecule has 0 saturated heterocycles. The van der Waals surface area contributed by atoms with Gasteiger partial charge in [-0.25, -0.2) is 8.42 Å². The summed E-state index contributed by atoms with van der Waals surface area (Å²) < 4.78 is 67.1. The number of thioether (sulfide) groups is 1. The van der Waals surface area contributed by atoms with Crippen molar-refractivity contribution in [2.45, 2.75) is 11.1 Å². The Morgan fingerprint density at radius 1 is 1.34 bits per heavy atom. The number of halogens is 4. The van der Waals surface area contributed by atoms with Crippen LogP contribution in [0.1, 0.15) is 5.01 Å². The van der Waals surface area contributed by atoms with Crippen LogP contribution in [0, 0.1) is 0 Å². The van der Waals surface area contributed by atoms with Gasteiger partial charge in [0.1, 0.15) is 28.9 Å². The zero-order valence-electron chi connectivity index (χ0n) is 16.5. The van der Waals surface area contributed by atoms with Gasteiger partial charge in [-0.1, -0.05) is 23.5 Å². The lowest BCUT2D eigenvalue weighted by atomic mass is 10.2. The zero-order valence-corrected chi connectivity index (χ0v) is 20.5. The van der Waals surface area contributed by atoms with E-state index in [0.717, 1.165) is 17.6 Å². The third-order valence-electron chi connectivity index (χ3n) is 3.59. The summed E-state index contributed by atoms with van der Waals surface area (Å²) in [4.78, 5) is 15.7. The van der Waals surface area contributed by atoms with Crippen LogP contribution < -0.4 is 5.73 Å². The number of rotatable bonds is 8. The Morgan fingerprint density at radius 3 is 2.62 bits per heavy atom. The minimum atomic E-state index is -4.86. The Hall–Kier alpha value is -1.97. The van der Waals surface area contributed by atoms with Gasteiger partial charge in [-0.3, -0.25) is 9.79 Å². The van der Waals surface area contributed by atoms with Crippen LogP contribution in [0.25, 0.3) is 10.6 Å². The largest absolute Gasteiger partial charge is 0.453 e. The molecule has 8 nitrogen and oxygen atoms in total. The average molecular weight is 573 g/mol. The highest BCUT2D eigenvalue weighted by atomic mass is 79.9. The maximum Gasteiger partial charge on any atom is 0.431 e. The third-order valence-corrected chi connectivity index (χ3v) is 6.84. The number of nitrogens with two attached hydrogens (primary N) is 1. The molecule has 0 spiro atoms. The first-order valence-corrected chi connectivity index (χ1v) is 13.3. The van der Waals surface area contributed by atoms with Gasteiger partial charge >= 0.3 is 12.1 Å². The van der Waals surface area contributed by atoms with E-state index >= 15 is 0 Å². The van der Waals surface area contributed by atoms with E-state index in [2.05, 4.69) is 31.1 Å². The number of hydrogen-bond donors (Lipinski definition) is 1. The molecular formula is C17H16BrF3N4O4S3. The highest BCUT2D eigenvalue weighted by Crippen LogP contribution is 2.32. The van der Waals surface area contributed by atoms with E-state index in [1.54, 1.807) is 12.3 Å². The van der Waals surface area contributed by atoms with E-state index in [1.165, 1.54) is 30.0 Å². The van der Waals surface area contributed by atoms with Crippen LogP contribution in [0.5, 0.6) is 0 Å². The number of benzene rings is 1. The number of allylic oxidation sites excluding steroid dienone is 2. The Labute approximate surface area is 198 Å². The first kappa shape index (κ1) is 26.3. The lowest BCUT2D eigenvalue weighted by Gasteiger charge is -2.10. The molecular weight excluding hydrogens is 557 g/mol. The van der Waals surface area contributed by atoms with Crippen LogP contribution in [-0.2, 0) is 19.4 Å². The number of aliphatic imine (C=N–C) groups is 1. The van der Waals surface area contributed by atoms with Crippen molar-refractivity contribution < 1.29 is 31.1 Å². The molecule has 1 aromatic heterocycles. The van der Waals surface area contributed by atoms with Crippen LogP contribution in [-0.4, -0.2) is 61.5 Å². The SMILES string of the molecule is CSCOC(=O)CN=C(C(Br)=C(N)C(F)(F)F)c1nnc(-c2cccc(S(C)(=O)=O)c2)s1. The predicted octanol–water partition coefficient (Wildman–Crippen LogP) is 3.39. The van der Waals surface area contributed by atoms with Crippen molar-refractivity contribution in [1.82, 2.24) is 10.2 Å². The van der Waals surface area contributed by atoms with E-state index in [1.807, 2.05) is 0 Å². The maximum absolute atomic E-state index is 13.1. The summed E-state index contributed by atoms with van der Waals surface area (Å²) in [6, 6.07) is 5.84. The van der Waals surface area contributed by atoms with Gasteiger partial charge in [0.15, 0.2) is 14.8 Å². The first-order valence-electron chi connectivity index (χ1n) is 8.40. The maximum atomic E-state index is 13.1. The van der Waals surface area contributed by atoms with Crippen LogP contribution in [0.15, 0.2) is 44.3 Å². The predicted molar refractivity (Wildman–Crippen MR) is 121 cm³/mol. The van der Waals surface area contributed by atoms with Gasteiger partial charge in [-0.2, -0.15) is 13.2 Å². The number of aromatic nitrogens is 2. The first-order chi connectivity index (χ1) is 14.8. The van der Waals surface area contributed by atoms with Crippen LogP contribution in [0.2, 0.25) is 0 Å². The summed E-state index contributed by atoms with van der Waals surface area (Å²) in [7, 11) is -3.49. The van der Waals surface area contributed by atoms with Crippen molar-refractivity contribution in [1.29, 1.82) is 0 Å². The van der Waals surface area contributed by atoms with E-state index < -0.39 is 38.7 Å². The molecule has 0 atom stereocenters. The van der Waals surface area contributed by atoms with Crippen molar-refractivity contribution in [2.24, 2.45) is 10.7 Å². The number of carbonyl (C=O) groups is 1. The zero-order chi connectivity index (χ0) is 24.1. The molecule has 1 aromatic carbocycles. The summed E-state index contributed by atoms with van der Waals surface area (Å²) in [5.74, 6) is -0.696. The molecule has 0 amide bonds. The molecule has 0 unspecified atom stereocenters. The van der Waals surface area contributed by atoms with Gasteiger partial charge in [-0.15, -0.1) is 22.0 Å². The van der Waals surface area contributed by atoms with Gasteiger partial charge < -0.3 is 10.5 Å². The van der Waals surface area contributed by atoms with Crippen molar-refractivity contribution in [3.8, 4) is 10.6 Å². The summed E-state index contributed by atoms with van der Waals surface area (Å²) in [5.41, 5.74) is 3.78. The fourth-order valence-electron chi connectivity index (χ4n) is 2.09. The molecule has 2 rings (SSSR count). The second kappa shape index (κ2) is 10.8. The summed E-state index contributed by atoms with van der Waals surface area (Å²) in [6.45, 7) is -0.575. The summed E-state index contributed by atoms with van der Waals surface area (Å²) in [6.07, 6.45) is -2.12. The average Bonchev–Trinajstić information content (AvgIpc) is 3.20. The second-order valence-corrected chi connectivity index (χ2v) is 10.6. The minimum absolute atomic E-state index is 0.0413. The van der Waals surface area contributed by atoms with Gasteiger partial charge in [0.2, 0.25) is 0 Å². The van der Waals surface area contributed by atoms with Crippen molar-refractivity contribution in [2.75, 3.05) is 25.0 Å². The number of ether oxygens (including phenoxy) is 1. The number of esters is 1. The highest BCUT2D eigenvalue weighted by molar-refractivity contribution is 9.12. The molecule has 0 aliphatic rings. The molecule has 15 heteroatoms. The molecule has 174 valence electrons. The number of alkyl halides is 3. The van der Waals surface area contributed by atoms with E-state index in [-0.39, 0.29) is 26.6 Å². The Bertz CT molecular complexity index is 1160. The molecule has 0 aliphatic carbocycles. The summed E-state index contributed by atoms with van der Waals surface area (Å²) in [5, 5.41) is 7.94. The summed E-state index contributed by atoms with van der Waals surface area (Å²) >= 11 is 4.88. The Balaban J connectivity index is 2.50. The topological polar surface area (TPSA) is 125 Å². The minimum Gasteiger partial charge on any atom is -0.453 e. The number of sulfone groups is 1. The molecule has 0 aliphatic heterocycles. The van der Waals surface area contributed by atoms with Crippen molar-refractivity contribution >= 4 is 60.5 Å². The monoisotopic (exact) mass is 572 g/mol. The molecule has 0 bridgehead atoms. The molecule has 0 fully saturated rings. The van der Waals surface area contributed by atoms with Crippen LogP contribution in [0.3, 0.4) is 0 Å². The fourth-order valence-corrected chi connectivity index (χ4v) is 4.53. The second-order valence-electron chi connectivity index (χ2n) is 6.03. The Morgan fingerprint density at radius 2 is 2.03 bits per heavy atom. The smallest absolute Gasteiger partial charge is 0.431 e. The molecule has 2 N–H and O–H groups in total. The van der Waals surface area contributed by atoms with Crippen molar-refractivity contribution in [3.05, 3.63) is 39.5 Å². The van der Waals surface area contributed by atoms with Crippen LogP contribution in [0.4, 0.5) is 13.2 Å². The number of carbonyl (C=O) groups excluding carboxylic acids is 1. The highest BCUT2D eigenvalue weighted by Gasteiger charge is 2.35. The van der Waals surface area contributed by atoms with E-state index in [9.17, 15) is 26.4 Å². The lowest BCUT2D eigenvalue weighted by Crippen LogP contribution is -2.23. The molecule has 32 heavy (non-hydrogen) atoms. The molecule has 2 aromatic rings. The van der Waals surface area contributed by atoms with Gasteiger partial charge in [0, 0.05) is 11.8 Å². The third kappa shape index (κ3) is 7.02. The lowest BCUT2D eigenvalue weighted by molar-refractivity contribution is -0.139. The Kier molecular flexibility index (Phi) is 8.84. The van der Waals surface area contributed by atoms with E-state index in [0.29, 0.717) is 5.56 Å². The van der Waals surface area contributed by atoms with Gasteiger partial charge in [-0.05, 0) is 34.3 Å². The van der Waals surface area contributed by atoms with Crippen molar-refractivity contribution in [3.63, 3.8) is 0 Å². The number of hydrogen-bond acceptors (Lipinski definition) is 10. The quantitative estimate of drug-likeness (QED) is 0.290.